The predicted octanol–water partition coefficient (Wildman–Crippen LogP) is 1.92. The van der Waals surface area contributed by atoms with Gasteiger partial charge in [-0.1, -0.05) is 6.42 Å². The van der Waals surface area contributed by atoms with Crippen molar-refractivity contribution < 1.29 is 4.74 Å². The molecule has 2 saturated heterocycles. The molecule has 0 bridgehead atoms. The van der Waals surface area contributed by atoms with Gasteiger partial charge < -0.3 is 15.4 Å². The number of hydrogen-bond acceptors (Lipinski definition) is 3. The van der Waals surface area contributed by atoms with Gasteiger partial charge in [-0.3, -0.25) is 0 Å². The quantitative estimate of drug-likeness (QED) is 0.770. The lowest BCUT2D eigenvalue weighted by atomic mass is 9.97. The number of ether oxygens (including phenoxy) is 1. The second-order valence-corrected chi connectivity index (χ2v) is 5.82. The van der Waals surface area contributed by atoms with E-state index in [1.165, 1.54) is 38.6 Å². The topological polar surface area (TPSA) is 33.3 Å². The molecule has 3 heteroatoms. The summed E-state index contributed by atoms with van der Waals surface area (Å²) in [4.78, 5) is 0. The zero-order valence-corrected chi connectivity index (χ0v) is 11.4. The molecule has 0 spiro atoms. The molecule has 2 aliphatic rings. The second-order valence-electron chi connectivity index (χ2n) is 5.82. The van der Waals surface area contributed by atoms with E-state index in [4.69, 9.17) is 4.74 Å². The van der Waals surface area contributed by atoms with Gasteiger partial charge in [-0.2, -0.15) is 0 Å². The van der Waals surface area contributed by atoms with Crippen LogP contribution in [0.15, 0.2) is 0 Å². The summed E-state index contributed by atoms with van der Waals surface area (Å²) in [7, 11) is 0. The summed E-state index contributed by atoms with van der Waals surface area (Å²) < 4.78 is 5.60. The molecule has 2 rings (SSSR count). The van der Waals surface area contributed by atoms with E-state index in [0.29, 0.717) is 12.1 Å². The van der Waals surface area contributed by atoms with Crippen LogP contribution in [0.4, 0.5) is 0 Å². The van der Waals surface area contributed by atoms with Gasteiger partial charge in [-0.25, -0.2) is 0 Å². The van der Waals surface area contributed by atoms with Crippen molar-refractivity contribution in [3.8, 4) is 0 Å². The summed E-state index contributed by atoms with van der Waals surface area (Å²) in [6, 6.07) is 1.36. The summed E-state index contributed by atoms with van der Waals surface area (Å²) in [6.07, 6.45) is 7.05. The molecule has 0 aromatic carbocycles. The highest BCUT2D eigenvalue weighted by atomic mass is 16.5. The number of rotatable bonds is 5. The molecule has 4 unspecified atom stereocenters. The van der Waals surface area contributed by atoms with Gasteiger partial charge in [0.2, 0.25) is 0 Å². The fourth-order valence-corrected chi connectivity index (χ4v) is 3.03. The van der Waals surface area contributed by atoms with Gasteiger partial charge in [-0.05, 0) is 52.0 Å². The van der Waals surface area contributed by atoms with E-state index >= 15 is 0 Å². The van der Waals surface area contributed by atoms with Crippen LogP contribution in [-0.2, 0) is 4.74 Å². The Hall–Kier alpha value is -0.120. The van der Waals surface area contributed by atoms with Crippen molar-refractivity contribution in [2.45, 2.75) is 64.1 Å². The van der Waals surface area contributed by atoms with Crippen molar-refractivity contribution in [1.29, 1.82) is 0 Å². The van der Waals surface area contributed by atoms with Crippen molar-refractivity contribution >= 4 is 0 Å². The van der Waals surface area contributed by atoms with Gasteiger partial charge in [0.1, 0.15) is 0 Å². The molecule has 0 saturated carbocycles. The van der Waals surface area contributed by atoms with E-state index in [9.17, 15) is 0 Å². The Morgan fingerprint density at radius 3 is 2.88 bits per heavy atom. The largest absolute Gasteiger partial charge is 0.378 e. The molecule has 0 amide bonds. The highest BCUT2D eigenvalue weighted by Crippen LogP contribution is 2.20. The summed E-state index contributed by atoms with van der Waals surface area (Å²) in [6.45, 7) is 7.80. The molecule has 0 aromatic heterocycles. The van der Waals surface area contributed by atoms with Gasteiger partial charge >= 0.3 is 0 Å². The van der Waals surface area contributed by atoms with E-state index < -0.39 is 0 Å². The van der Waals surface area contributed by atoms with Gasteiger partial charge in [0.15, 0.2) is 0 Å². The lowest BCUT2D eigenvalue weighted by molar-refractivity contribution is 0.105. The van der Waals surface area contributed by atoms with Crippen molar-refractivity contribution in [1.82, 2.24) is 10.6 Å². The summed E-state index contributed by atoms with van der Waals surface area (Å²) in [5, 5.41) is 7.30. The third kappa shape index (κ3) is 4.23. The molecular weight excluding hydrogens is 212 g/mol. The summed E-state index contributed by atoms with van der Waals surface area (Å²) >= 11 is 0. The Bertz CT molecular complexity index is 216. The SMILES string of the molecule is CC(CC1CCCCN1)NCC1CCOC1C. The average Bonchev–Trinajstić information content (AvgIpc) is 2.74. The zero-order chi connectivity index (χ0) is 12.1. The fraction of sp³-hybridized carbons (Fsp3) is 1.00. The van der Waals surface area contributed by atoms with Crippen LogP contribution in [0.3, 0.4) is 0 Å². The highest BCUT2D eigenvalue weighted by molar-refractivity contribution is 4.80. The Morgan fingerprint density at radius 1 is 1.35 bits per heavy atom. The second kappa shape index (κ2) is 6.72. The Kier molecular flexibility index (Phi) is 5.26. The van der Waals surface area contributed by atoms with E-state index in [0.717, 1.165) is 25.1 Å². The minimum Gasteiger partial charge on any atom is -0.378 e. The minimum absolute atomic E-state index is 0.447. The molecule has 0 radical (unpaired) electrons. The van der Waals surface area contributed by atoms with Crippen LogP contribution in [0.2, 0.25) is 0 Å². The predicted molar refractivity (Wildman–Crippen MR) is 71.2 cm³/mol. The summed E-state index contributed by atoms with van der Waals surface area (Å²) in [5.74, 6) is 0.719. The van der Waals surface area contributed by atoms with Crippen LogP contribution in [0, 0.1) is 5.92 Å². The molecule has 17 heavy (non-hydrogen) atoms. The monoisotopic (exact) mass is 240 g/mol. The Balaban J connectivity index is 1.61. The van der Waals surface area contributed by atoms with Crippen LogP contribution in [0.5, 0.6) is 0 Å². The maximum atomic E-state index is 5.60. The molecule has 2 aliphatic heterocycles. The third-order valence-corrected chi connectivity index (χ3v) is 4.31. The van der Waals surface area contributed by atoms with Crippen LogP contribution in [0.25, 0.3) is 0 Å². The normalized spacial score (nSPS) is 36.0. The van der Waals surface area contributed by atoms with E-state index in [1.54, 1.807) is 0 Å². The van der Waals surface area contributed by atoms with Crippen LogP contribution >= 0.6 is 0 Å². The van der Waals surface area contributed by atoms with Gasteiger partial charge in [-0.15, -0.1) is 0 Å². The molecule has 0 aromatic rings. The molecular formula is C14H28N2O. The van der Waals surface area contributed by atoms with Crippen molar-refractivity contribution in [3.63, 3.8) is 0 Å². The number of hydrogen-bond donors (Lipinski definition) is 2. The molecule has 3 nitrogen and oxygen atoms in total. The highest BCUT2D eigenvalue weighted by Gasteiger charge is 2.24. The molecule has 100 valence electrons. The first-order valence-corrected chi connectivity index (χ1v) is 7.34. The molecule has 2 fully saturated rings. The first-order valence-electron chi connectivity index (χ1n) is 7.34. The fourth-order valence-electron chi connectivity index (χ4n) is 3.03. The first kappa shape index (κ1) is 13.3. The minimum atomic E-state index is 0.447. The molecule has 4 atom stereocenters. The van der Waals surface area contributed by atoms with Gasteiger partial charge in [0, 0.05) is 25.2 Å². The summed E-state index contributed by atoms with van der Waals surface area (Å²) in [5.41, 5.74) is 0. The Labute approximate surface area is 106 Å². The van der Waals surface area contributed by atoms with E-state index in [1.807, 2.05) is 0 Å². The average molecular weight is 240 g/mol. The first-order chi connectivity index (χ1) is 8.25. The van der Waals surface area contributed by atoms with Crippen LogP contribution in [0.1, 0.15) is 46.0 Å². The molecule has 2 heterocycles. The van der Waals surface area contributed by atoms with Crippen LogP contribution < -0.4 is 10.6 Å². The zero-order valence-electron chi connectivity index (χ0n) is 11.4. The third-order valence-electron chi connectivity index (χ3n) is 4.31. The van der Waals surface area contributed by atoms with Crippen molar-refractivity contribution in [2.75, 3.05) is 19.7 Å². The number of piperidine rings is 1. The number of nitrogens with one attached hydrogen (secondary N) is 2. The van der Waals surface area contributed by atoms with Crippen LogP contribution in [-0.4, -0.2) is 37.9 Å². The molecule has 2 N–H and O–H groups in total. The van der Waals surface area contributed by atoms with Crippen molar-refractivity contribution in [2.24, 2.45) is 5.92 Å². The Morgan fingerprint density at radius 2 is 2.24 bits per heavy atom. The maximum Gasteiger partial charge on any atom is 0.0588 e. The maximum absolute atomic E-state index is 5.60. The van der Waals surface area contributed by atoms with Gasteiger partial charge in [0.05, 0.1) is 6.10 Å². The standard InChI is InChI=1S/C14H28N2O/c1-11(9-14-5-3-4-7-15-14)16-10-13-6-8-17-12(13)2/h11-16H,3-10H2,1-2H3. The molecule has 0 aliphatic carbocycles. The van der Waals surface area contributed by atoms with E-state index in [-0.39, 0.29) is 0 Å². The lowest BCUT2D eigenvalue weighted by Gasteiger charge is -2.27. The van der Waals surface area contributed by atoms with Gasteiger partial charge in [0.25, 0.3) is 0 Å². The van der Waals surface area contributed by atoms with Crippen molar-refractivity contribution in [3.05, 3.63) is 0 Å². The van der Waals surface area contributed by atoms with E-state index in [2.05, 4.69) is 24.5 Å². The lowest BCUT2D eigenvalue weighted by Crippen LogP contribution is -2.41. The smallest absolute Gasteiger partial charge is 0.0588 e.